The molecule has 1 aromatic carbocycles. The summed E-state index contributed by atoms with van der Waals surface area (Å²) in [6.07, 6.45) is -0.322. The second-order valence-electron chi connectivity index (χ2n) is 3.84. The number of rotatable bonds is 2. The van der Waals surface area contributed by atoms with Gasteiger partial charge in [-0.25, -0.2) is 12.9 Å². The van der Waals surface area contributed by atoms with Crippen LogP contribution in [0.1, 0.15) is 12.0 Å². The maximum atomic E-state index is 12.9. The second-order valence-corrected chi connectivity index (χ2v) is 5.32. The topological polar surface area (TPSA) is 20.3 Å². The van der Waals surface area contributed by atoms with Crippen LogP contribution < -0.4 is 0 Å². The predicted octanol–water partition coefficient (Wildman–Crippen LogP) is 2.06. The van der Waals surface area contributed by atoms with Gasteiger partial charge in [-0.05, 0) is 25.5 Å². The van der Waals surface area contributed by atoms with Crippen molar-refractivity contribution in [3.05, 3.63) is 29.8 Å². The van der Waals surface area contributed by atoms with E-state index in [0.29, 0.717) is 19.5 Å². The van der Waals surface area contributed by atoms with Crippen LogP contribution in [0, 0.1) is 6.92 Å². The van der Waals surface area contributed by atoms with Crippen molar-refractivity contribution in [3.63, 3.8) is 0 Å². The van der Waals surface area contributed by atoms with Crippen molar-refractivity contribution in [2.24, 2.45) is 0 Å². The van der Waals surface area contributed by atoms with E-state index < -0.39 is 17.2 Å². The highest BCUT2D eigenvalue weighted by molar-refractivity contribution is 7.82. The maximum Gasteiger partial charge on any atom is 0.127 e. The molecular weight excluding hydrogens is 213 g/mol. The van der Waals surface area contributed by atoms with Crippen LogP contribution in [-0.2, 0) is 11.0 Å². The zero-order valence-electron chi connectivity index (χ0n) is 8.65. The summed E-state index contributed by atoms with van der Waals surface area (Å²) in [7, 11) is -1.19. The van der Waals surface area contributed by atoms with Crippen LogP contribution in [0.5, 0.6) is 0 Å². The Labute approximate surface area is 91.7 Å². The number of halogens is 1. The Hall–Kier alpha value is -0.740. The van der Waals surface area contributed by atoms with E-state index in [1.807, 2.05) is 31.2 Å². The van der Waals surface area contributed by atoms with Gasteiger partial charge < -0.3 is 0 Å². The summed E-state index contributed by atoms with van der Waals surface area (Å²) in [5.41, 5.74) is 1.14. The van der Waals surface area contributed by atoms with Crippen LogP contribution in [0.25, 0.3) is 0 Å². The Bertz CT molecular complexity index is 365. The monoisotopic (exact) mass is 227 g/mol. The van der Waals surface area contributed by atoms with Crippen LogP contribution in [0.2, 0.25) is 0 Å². The molecule has 1 heterocycles. The molecule has 0 aliphatic carbocycles. The van der Waals surface area contributed by atoms with E-state index in [4.69, 9.17) is 0 Å². The Balaban J connectivity index is 2.11. The summed E-state index contributed by atoms with van der Waals surface area (Å²) < 4.78 is 26.6. The molecule has 1 aromatic rings. The Morgan fingerprint density at radius 2 is 2.07 bits per heavy atom. The smallest absolute Gasteiger partial charge is 0.127 e. The van der Waals surface area contributed by atoms with Gasteiger partial charge in [0.15, 0.2) is 0 Å². The quantitative estimate of drug-likeness (QED) is 0.757. The first-order valence-corrected chi connectivity index (χ1v) is 6.15. The lowest BCUT2D eigenvalue weighted by Gasteiger charge is -2.13. The average Bonchev–Trinajstić information content (AvgIpc) is 2.65. The molecule has 0 N–H and O–H groups in total. The first kappa shape index (κ1) is 10.8. The standard InChI is InChI=1S/C11H14FNOS/c1-9-2-4-11(5-3-9)15(14)13-7-6-10(12)8-13/h2-5,10H,6-8H2,1H3/t10-,15?/m1/s1. The van der Waals surface area contributed by atoms with Crippen LogP contribution in [0.15, 0.2) is 29.2 Å². The van der Waals surface area contributed by atoms with E-state index in [0.717, 1.165) is 10.5 Å². The maximum absolute atomic E-state index is 12.9. The van der Waals surface area contributed by atoms with Gasteiger partial charge in [0.1, 0.15) is 17.2 Å². The van der Waals surface area contributed by atoms with Gasteiger partial charge in [-0.2, -0.15) is 0 Å². The third-order valence-electron chi connectivity index (χ3n) is 2.55. The molecule has 2 atom stereocenters. The third-order valence-corrected chi connectivity index (χ3v) is 4.03. The van der Waals surface area contributed by atoms with Crippen molar-refractivity contribution in [2.45, 2.75) is 24.4 Å². The number of aryl methyl sites for hydroxylation is 1. The molecule has 0 amide bonds. The molecule has 2 rings (SSSR count). The molecule has 0 spiro atoms. The van der Waals surface area contributed by atoms with Gasteiger partial charge in [0.25, 0.3) is 0 Å². The first-order chi connectivity index (χ1) is 7.16. The predicted molar refractivity (Wildman–Crippen MR) is 58.7 cm³/mol. The third kappa shape index (κ3) is 2.44. The molecule has 1 aliphatic rings. The lowest BCUT2D eigenvalue weighted by molar-refractivity contribution is 0.347. The van der Waals surface area contributed by atoms with Gasteiger partial charge in [0, 0.05) is 13.1 Å². The summed E-state index contributed by atoms with van der Waals surface area (Å²) in [5.74, 6) is 0. The van der Waals surface area contributed by atoms with Crippen molar-refractivity contribution in [3.8, 4) is 0 Å². The van der Waals surface area contributed by atoms with Crippen molar-refractivity contribution < 1.29 is 8.60 Å². The molecule has 15 heavy (non-hydrogen) atoms. The number of nitrogens with zero attached hydrogens (tertiary/aromatic N) is 1. The first-order valence-electron chi connectivity index (χ1n) is 5.04. The van der Waals surface area contributed by atoms with E-state index >= 15 is 0 Å². The highest BCUT2D eigenvalue weighted by Crippen LogP contribution is 2.19. The van der Waals surface area contributed by atoms with E-state index in [-0.39, 0.29) is 0 Å². The highest BCUT2D eigenvalue weighted by Gasteiger charge is 2.26. The molecule has 0 saturated carbocycles. The zero-order chi connectivity index (χ0) is 10.8. The molecular formula is C11H14FNOS. The van der Waals surface area contributed by atoms with E-state index in [1.54, 1.807) is 4.31 Å². The molecule has 2 nitrogen and oxygen atoms in total. The van der Waals surface area contributed by atoms with E-state index in [2.05, 4.69) is 0 Å². The van der Waals surface area contributed by atoms with Crippen molar-refractivity contribution in [1.29, 1.82) is 0 Å². The number of hydrogen-bond acceptors (Lipinski definition) is 1. The summed E-state index contributed by atoms with van der Waals surface area (Å²) in [4.78, 5) is 0.759. The molecule has 1 aliphatic heterocycles. The van der Waals surface area contributed by atoms with Crippen LogP contribution in [-0.4, -0.2) is 27.8 Å². The van der Waals surface area contributed by atoms with Gasteiger partial charge in [-0.1, -0.05) is 17.7 Å². The fourth-order valence-corrected chi connectivity index (χ4v) is 2.88. The summed E-state index contributed by atoms with van der Waals surface area (Å²) in [6.45, 7) is 2.86. The fraction of sp³-hybridized carbons (Fsp3) is 0.455. The van der Waals surface area contributed by atoms with Gasteiger partial charge in [-0.3, -0.25) is 0 Å². The molecule has 0 radical (unpaired) electrons. The summed E-state index contributed by atoms with van der Waals surface area (Å²) in [6, 6.07) is 7.54. The van der Waals surface area contributed by atoms with Crippen LogP contribution in [0.3, 0.4) is 0 Å². The van der Waals surface area contributed by atoms with Gasteiger partial charge >= 0.3 is 0 Å². The molecule has 0 bridgehead atoms. The normalized spacial score (nSPS) is 24.3. The lowest BCUT2D eigenvalue weighted by Crippen LogP contribution is -2.23. The van der Waals surface area contributed by atoms with Crippen LogP contribution in [0.4, 0.5) is 4.39 Å². The molecule has 4 heteroatoms. The average molecular weight is 227 g/mol. The van der Waals surface area contributed by atoms with Gasteiger partial charge in [0.05, 0.1) is 4.90 Å². The Kier molecular flexibility index (Phi) is 3.17. The SMILES string of the molecule is Cc1ccc(S(=O)N2CC[C@@H](F)C2)cc1. The molecule has 1 unspecified atom stereocenters. The number of alkyl halides is 1. The van der Waals surface area contributed by atoms with E-state index in [9.17, 15) is 8.60 Å². The largest absolute Gasteiger partial charge is 0.246 e. The lowest BCUT2D eigenvalue weighted by atomic mass is 10.2. The molecule has 82 valence electrons. The second kappa shape index (κ2) is 4.41. The van der Waals surface area contributed by atoms with Crippen molar-refractivity contribution in [1.82, 2.24) is 4.31 Å². The minimum absolute atomic E-state index is 0.292. The Morgan fingerprint density at radius 3 is 2.60 bits per heavy atom. The summed E-state index contributed by atoms with van der Waals surface area (Å²) in [5, 5.41) is 0. The molecule has 1 fully saturated rings. The molecule has 0 aromatic heterocycles. The van der Waals surface area contributed by atoms with Gasteiger partial charge in [-0.15, -0.1) is 0 Å². The van der Waals surface area contributed by atoms with Crippen molar-refractivity contribution in [2.75, 3.05) is 13.1 Å². The zero-order valence-corrected chi connectivity index (χ0v) is 9.47. The van der Waals surface area contributed by atoms with Gasteiger partial charge in [0.2, 0.25) is 0 Å². The van der Waals surface area contributed by atoms with E-state index in [1.165, 1.54) is 0 Å². The van der Waals surface area contributed by atoms with Crippen LogP contribution >= 0.6 is 0 Å². The minimum Gasteiger partial charge on any atom is -0.246 e. The Morgan fingerprint density at radius 1 is 1.40 bits per heavy atom. The summed E-state index contributed by atoms with van der Waals surface area (Å²) >= 11 is 0. The highest BCUT2D eigenvalue weighted by atomic mass is 32.2. The number of benzene rings is 1. The number of hydrogen-bond donors (Lipinski definition) is 0. The fourth-order valence-electron chi connectivity index (χ4n) is 1.64. The molecule has 1 saturated heterocycles. The minimum atomic E-state index is -1.19. The van der Waals surface area contributed by atoms with Crippen molar-refractivity contribution >= 4 is 11.0 Å².